The Morgan fingerprint density at radius 3 is 1.84 bits per heavy atom. The number of anilines is 3. The predicted octanol–water partition coefficient (Wildman–Crippen LogP) is 14.3. The third kappa shape index (κ3) is 4.09. The van der Waals surface area contributed by atoms with Gasteiger partial charge in [0, 0.05) is 59.0 Å². The highest BCUT2D eigenvalue weighted by molar-refractivity contribution is 7.25. The molecule has 0 saturated heterocycles. The monoisotopic (exact) mass is 724 g/mol. The SMILES string of the molecule is c1ccc2c(c1)-c1c(N(c3ccc(-n4c5ccccc5c5ccccc54)cc3)c3ccc4c(c3)sc3ccccc34)cccc1C21C2CC3CC(C2)CC1C3. The highest BCUT2D eigenvalue weighted by Gasteiger charge is 2.61. The van der Waals surface area contributed by atoms with Crippen LogP contribution in [0.25, 0.3) is 58.8 Å². The first-order valence-corrected chi connectivity index (χ1v) is 21.1. The lowest BCUT2D eigenvalue weighted by Crippen LogP contribution is -2.55. The molecule has 0 aliphatic heterocycles. The van der Waals surface area contributed by atoms with Crippen molar-refractivity contribution in [2.45, 2.75) is 37.5 Å². The van der Waals surface area contributed by atoms with E-state index in [0.717, 1.165) is 23.7 Å². The number of aromatic nitrogens is 1. The Morgan fingerprint density at radius 2 is 1.09 bits per heavy atom. The Morgan fingerprint density at radius 1 is 0.491 bits per heavy atom. The van der Waals surface area contributed by atoms with Crippen molar-refractivity contribution in [1.29, 1.82) is 0 Å². The van der Waals surface area contributed by atoms with Crippen molar-refractivity contribution in [2.75, 3.05) is 4.90 Å². The zero-order chi connectivity index (χ0) is 35.8. The van der Waals surface area contributed by atoms with Gasteiger partial charge >= 0.3 is 0 Å². The van der Waals surface area contributed by atoms with Crippen LogP contribution in [0.1, 0.15) is 43.2 Å². The van der Waals surface area contributed by atoms with Crippen molar-refractivity contribution in [1.82, 2.24) is 4.57 Å². The van der Waals surface area contributed by atoms with Crippen LogP contribution in [0, 0.1) is 23.7 Å². The highest BCUT2D eigenvalue weighted by Crippen LogP contribution is 2.70. The molecular formula is C52H40N2S. The Bertz CT molecular complexity index is 2940. The summed E-state index contributed by atoms with van der Waals surface area (Å²) in [6.07, 6.45) is 7.03. The first-order valence-electron chi connectivity index (χ1n) is 20.3. The Hall–Kier alpha value is -5.64. The Kier molecular flexibility index (Phi) is 6.25. The molecule has 9 aromatic rings. The summed E-state index contributed by atoms with van der Waals surface area (Å²) in [6, 6.07) is 59.9. The highest BCUT2D eigenvalue weighted by atomic mass is 32.1. The number of para-hydroxylation sites is 2. The molecule has 3 heteroatoms. The first-order chi connectivity index (χ1) is 27.2. The lowest BCUT2D eigenvalue weighted by molar-refractivity contribution is -0.0399. The minimum atomic E-state index is 0.122. The van der Waals surface area contributed by atoms with Crippen LogP contribution in [-0.4, -0.2) is 4.57 Å². The van der Waals surface area contributed by atoms with Crippen LogP contribution in [0.4, 0.5) is 17.1 Å². The summed E-state index contributed by atoms with van der Waals surface area (Å²) in [7, 11) is 0. The van der Waals surface area contributed by atoms with Crippen molar-refractivity contribution >= 4 is 70.4 Å². The summed E-state index contributed by atoms with van der Waals surface area (Å²) in [5, 5.41) is 5.26. The molecule has 264 valence electrons. The predicted molar refractivity (Wildman–Crippen MR) is 232 cm³/mol. The van der Waals surface area contributed by atoms with E-state index in [1.54, 1.807) is 11.1 Å². The maximum atomic E-state index is 2.57. The molecule has 1 spiro atoms. The second-order valence-corrected chi connectivity index (χ2v) is 18.0. The lowest BCUT2D eigenvalue weighted by atomic mass is 9.43. The minimum Gasteiger partial charge on any atom is -0.310 e. The molecule has 0 radical (unpaired) electrons. The van der Waals surface area contributed by atoms with E-state index in [-0.39, 0.29) is 5.41 Å². The minimum absolute atomic E-state index is 0.122. The second-order valence-electron chi connectivity index (χ2n) is 16.9. The maximum Gasteiger partial charge on any atom is 0.0543 e. The van der Waals surface area contributed by atoms with Crippen LogP contribution >= 0.6 is 11.3 Å². The number of thiophene rings is 1. The fraction of sp³-hybridized carbons (Fsp3) is 0.192. The van der Waals surface area contributed by atoms with Crippen LogP contribution < -0.4 is 4.90 Å². The van der Waals surface area contributed by atoms with E-state index in [4.69, 9.17) is 0 Å². The van der Waals surface area contributed by atoms with Gasteiger partial charge in [-0.05, 0) is 133 Å². The van der Waals surface area contributed by atoms with Gasteiger partial charge in [0.1, 0.15) is 0 Å². The fourth-order valence-electron chi connectivity index (χ4n) is 12.6. The Balaban J connectivity index is 1.04. The molecule has 55 heavy (non-hydrogen) atoms. The van der Waals surface area contributed by atoms with Gasteiger partial charge in [-0.15, -0.1) is 11.3 Å². The Labute approximate surface area is 325 Å². The van der Waals surface area contributed by atoms with Crippen LogP contribution in [-0.2, 0) is 5.41 Å². The van der Waals surface area contributed by atoms with E-state index < -0.39 is 0 Å². The molecule has 2 nitrogen and oxygen atoms in total. The van der Waals surface area contributed by atoms with E-state index in [1.165, 1.54) is 108 Å². The van der Waals surface area contributed by atoms with Crippen molar-refractivity contribution in [3.8, 4) is 16.8 Å². The summed E-state index contributed by atoms with van der Waals surface area (Å²) in [4.78, 5) is 2.57. The summed E-state index contributed by atoms with van der Waals surface area (Å²) < 4.78 is 5.10. The van der Waals surface area contributed by atoms with E-state index in [2.05, 4.69) is 167 Å². The number of nitrogens with zero attached hydrogens (tertiary/aromatic N) is 2. The number of hydrogen-bond donors (Lipinski definition) is 0. The van der Waals surface area contributed by atoms with Gasteiger partial charge in [0.15, 0.2) is 0 Å². The number of fused-ring (bicyclic) bond motifs is 9. The molecule has 4 saturated carbocycles. The third-order valence-electron chi connectivity index (χ3n) is 14.4. The number of benzene rings is 7. The zero-order valence-corrected chi connectivity index (χ0v) is 31.5. The van der Waals surface area contributed by atoms with E-state index in [1.807, 2.05) is 11.3 Å². The molecule has 0 atom stereocenters. The van der Waals surface area contributed by atoms with Crippen LogP contribution in [0.2, 0.25) is 0 Å². The van der Waals surface area contributed by atoms with Crippen molar-refractivity contribution in [3.63, 3.8) is 0 Å². The van der Waals surface area contributed by atoms with Gasteiger partial charge in [0.05, 0.1) is 16.7 Å². The second kappa shape index (κ2) is 11.2. The fourth-order valence-corrected chi connectivity index (χ4v) is 13.7. The number of rotatable bonds is 4. The number of hydrogen-bond acceptors (Lipinski definition) is 2. The molecule has 14 rings (SSSR count). The summed E-state index contributed by atoms with van der Waals surface area (Å²) in [6.45, 7) is 0. The smallest absolute Gasteiger partial charge is 0.0543 e. The molecule has 7 aromatic carbocycles. The van der Waals surface area contributed by atoms with Crippen LogP contribution in [0.3, 0.4) is 0 Å². The van der Waals surface area contributed by atoms with Crippen LogP contribution in [0.5, 0.6) is 0 Å². The summed E-state index contributed by atoms with van der Waals surface area (Å²) in [5.74, 6) is 3.31. The van der Waals surface area contributed by atoms with Crippen molar-refractivity contribution in [2.24, 2.45) is 23.7 Å². The van der Waals surface area contributed by atoms with Crippen molar-refractivity contribution in [3.05, 3.63) is 169 Å². The van der Waals surface area contributed by atoms with Gasteiger partial charge in [0.25, 0.3) is 0 Å². The summed E-state index contributed by atoms with van der Waals surface area (Å²) >= 11 is 1.90. The largest absolute Gasteiger partial charge is 0.310 e. The van der Waals surface area contributed by atoms with Gasteiger partial charge in [-0.25, -0.2) is 0 Å². The van der Waals surface area contributed by atoms with E-state index in [0.29, 0.717) is 0 Å². The molecule has 0 N–H and O–H groups in total. The van der Waals surface area contributed by atoms with Crippen LogP contribution in [0.15, 0.2) is 158 Å². The molecule has 2 heterocycles. The van der Waals surface area contributed by atoms with Crippen molar-refractivity contribution < 1.29 is 0 Å². The molecular weight excluding hydrogens is 685 g/mol. The maximum absolute atomic E-state index is 2.57. The topological polar surface area (TPSA) is 8.17 Å². The van der Waals surface area contributed by atoms with Gasteiger partial charge in [-0.1, -0.05) is 97.1 Å². The molecule has 0 unspecified atom stereocenters. The first kappa shape index (κ1) is 30.7. The molecule has 4 bridgehead atoms. The quantitative estimate of drug-likeness (QED) is 0.175. The molecule has 2 aromatic heterocycles. The van der Waals surface area contributed by atoms with Gasteiger partial charge in [-0.3, -0.25) is 0 Å². The molecule has 5 aliphatic carbocycles. The van der Waals surface area contributed by atoms with Gasteiger partial charge in [0.2, 0.25) is 0 Å². The average molecular weight is 725 g/mol. The van der Waals surface area contributed by atoms with E-state index in [9.17, 15) is 0 Å². The molecule has 4 fully saturated rings. The van der Waals surface area contributed by atoms with Gasteiger partial charge < -0.3 is 9.47 Å². The van der Waals surface area contributed by atoms with E-state index >= 15 is 0 Å². The third-order valence-corrected chi connectivity index (χ3v) is 15.5. The molecule has 0 amide bonds. The summed E-state index contributed by atoms with van der Waals surface area (Å²) in [5.41, 5.74) is 13.6. The average Bonchev–Trinajstić information content (AvgIpc) is 3.87. The normalized spacial score (nSPS) is 23.3. The zero-order valence-electron chi connectivity index (χ0n) is 30.7. The standard InChI is InChI=1S/C52H40N2S/c1-5-14-44-43(13-1)51-45(52(44)34-27-32-26-33(29-34)30-35(52)28-32)15-9-18-48(51)53(38-24-25-42-41-12-4-8-19-49(41)55-50(42)31-38)36-20-22-37(23-21-36)54-46-16-6-2-10-39(46)40-11-3-7-17-47(40)54/h1-25,31-35H,26-30H2. The van der Waals surface area contributed by atoms with Gasteiger partial charge in [-0.2, -0.15) is 0 Å². The lowest BCUT2D eigenvalue weighted by Gasteiger charge is -2.61. The molecule has 5 aliphatic rings.